The van der Waals surface area contributed by atoms with Crippen molar-refractivity contribution < 1.29 is 33.1 Å². The van der Waals surface area contributed by atoms with Crippen molar-refractivity contribution in [1.82, 2.24) is 21.3 Å². The molecule has 0 aliphatic carbocycles. The molecule has 11 nitrogen and oxygen atoms in total. The number of nitrogens with one attached hydrogen (secondary N) is 4. The van der Waals surface area contributed by atoms with Crippen molar-refractivity contribution in [2.24, 2.45) is 23.7 Å². The zero-order valence-electron chi connectivity index (χ0n) is 38.6. The minimum atomic E-state index is -2.87. The Morgan fingerprint density at radius 1 is 0.508 bits per heavy atom. The van der Waals surface area contributed by atoms with Crippen LogP contribution in [0.5, 0.6) is 0 Å². The molecular formula is C49H74N4O7Si. The summed E-state index contributed by atoms with van der Waals surface area (Å²) in [6, 6.07) is 26.4. The van der Waals surface area contributed by atoms with Gasteiger partial charge in [-0.1, -0.05) is 167 Å². The SMILES string of the molecule is CC(C)C[C@@H](COC(=O)[C@@H](CC(C)C)NC(=O)N[C@H](CO[Si](c1ccccc1)(c1ccccc1)C(C)(C)C)CC(C)C)NC(=O)N[C@H](CC(C)C)C(=O)OCc1ccccc1. The largest absolute Gasteiger partial charge is 0.462 e. The normalized spacial score (nSPS) is 14.0. The van der Waals surface area contributed by atoms with Crippen molar-refractivity contribution in [2.45, 2.75) is 138 Å². The first-order chi connectivity index (χ1) is 28.8. The van der Waals surface area contributed by atoms with Crippen LogP contribution in [0, 0.1) is 23.7 Å². The van der Waals surface area contributed by atoms with Crippen molar-refractivity contribution >= 4 is 42.7 Å². The smallest absolute Gasteiger partial charge is 0.329 e. The zero-order chi connectivity index (χ0) is 45.2. The molecule has 4 amide bonds. The van der Waals surface area contributed by atoms with Crippen molar-refractivity contribution in [1.29, 1.82) is 0 Å². The minimum absolute atomic E-state index is 0.0673. The number of ether oxygens (including phenoxy) is 2. The summed E-state index contributed by atoms with van der Waals surface area (Å²) in [7, 11) is -2.87. The first-order valence-corrected chi connectivity index (χ1v) is 24.0. The topological polar surface area (TPSA) is 144 Å². The Labute approximate surface area is 367 Å². The van der Waals surface area contributed by atoms with E-state index in [1.807, 2.05) is 108 Å². The Bertz CT molecular complexity index is 1730. The van der Waals surface area contributed by atoms with Crippen LogP contribution >= 0.6 is 0 Å². The first kappa shape index (κ1) is 50.7. The number of rotatable bonds is 23. The Kier molecular flexibility index (Phi) is 20.5. The molecule has 336 valence electrons. The summed E-state index contributed by atoms with van der Waals surface area (Å²) < 4.78 is 18.6. The Morgan fingerprint density at radius 3 is 1.28 bits per heavy atom. The number of benzene rings is 3. The summed E-state index contributed by atoms with van der Waals surface area (Å²) in [5.41, 5.74) is 0.848. The molecule has 0 bridgehead atoms. The van der Waals surface area contributed by atoms with Gasteiger partial charge in [0.25, 0.3) is 8.32 Å². The van der Waals surface area contributed by atoms with Gasteiger partial charge in [0.1, 0.15) is 25.3 Å². The molecular weight excluding hydrogens is 785 g/mol. The summed E-state index contributed by atoms with van der Waals surface area (Å²) >= 11 is 0. The number of esters is 2. The molecule has 12 heteroatoms. The van der Waals surface area contributed by atoms with E-state index in [1.165, 1.54) is 0 Å². The van der Waals surface area contributed by atoms with Crippen LogP contribution in [-0.4, -0.2) is 69.7 Å². The fraction of sp³-hybridized carbons (Fsp3) is 0.551. The van der Waals surface area contributed by atoms with E-state index in [0.29, 0.717) is 25.7 Å². The quantitative estimate of drug-likeness (QED) is 0.0558. The Hall–Kier alpha value is -4.68. The predicted octanol–water partition coefficient (Wildman–Crippen LogP) is 8.11. The molecule has 3 aromatic rings. The molecule has 4 atom stereocenters. The maximum Gasteiger partial charge on any atom is 0.329 e. The Morgan fingerprint density at radius 2 is 0.885 bits per heavy atom. The van der Waals surface area contributed by atoms with E-state index in [-0.39, 0.29) is 54.6 Å². The minimum Gasteiger partial charge on any atom is -0.462 e. The fourth-order valence-corrected chi connectivity index (χ4v) is 12.3. The summed E-state index contributed by atoms with van der Waals surface area (Å²) in [5.74, 6) is -0.521. The third-order valence-corrected chi connectivity index (χ3v) is 15.3. The van der Waals surface area contributed by atoms with E-state index in [2.05, 4.69) is 80.2 Å². The van der Waals surface area contributed by atoms with Gasteiger partial charge in [-0.3, -0.25) is 0 Å². The number of hydrogen-bond acceptors (Lipinski definition) is 7. The molecule has 0 heterocycles. The fourth-order valence-electron chi connectivity index (χ4n) is 7.72. The third kappa shape index (κ3) is 17.0. The highest BCUT2D eigenvalue weighted by Crippen LogP contribution is 2.37. The van der Waals surface area contributed by atoms with Crippen molar-refractivity contribution in [3.8, 4) is 0 Å². The van der Waals surface area contributed by atoms with Gasteiger partial charge in [-0.25, -0.2) is 19.2 Å². The lowest BCUT2D eigenvalue weighted by molar-refractivity contribution is -0.148. The molecule has 0 radical (unpaired) electrons. The zero-order valence-corrected chi connectivity index (χ0v) is 39.6. The highest BCUT2D eigenvalue weighted by Gasteiger charge is 2.50. The van der Waals surface area contributed by atoms with E-state index < -0.39 is 50.4 Å². The van der Waals surface area contributed by atoms with Gasteiger partial charge in [0, 0.05) is 0 Å². The lowest BCUT2D eigenvalue weighted by atomic mass is 10.0. The first-order valence-electron chi connectivity index (χ1n) is 22.1. The molecule has 0 unspecified atom stereocenters. The summed E-state index contributed by atoms with van der Waals surface area (Å²) in [4.78, 5) is 54.0. The van der Waals surface area contributed by atoms with Crippen LogP contribution in [0.25, 0.3) is 0 Å². The second-order valence-corrected chi connectivity index (χ2v) is 23.3. The molecule has 0 aliphatic heterocycles. The molecule has 0 saturated heterocycles. The molecule has 4 N–H and O–H groups in total. The Balaban J connectivity index is 1.71. The van der Waals surface area contributed by atoms with Gasteiger partial charge in [-0.2, -0.15) is 0 Å². The second kappa shape index (κ2) is 24.7. The van der Waals surface area contributed by atoms with Gasteiger partial charge in [0.05, 0.1) is 18.7 Å². The van der Waals surface area contributed by atoms with Gasteiger partial charge in [0.15, 0.2) is 0 Å². The lowest BCUT2D eigenvalue weighted by Crippen LogP contribution is -2.67. The third-order valence-electron chi connectivity index (χ3n) is 10.3. The van der Waals surface area contributed by atoms with E-state index >= 15 is 0 Å². The molecule has 0 fully saturated rings. The lowest BCUT2D eigenvalue weighted by Gasteiger charge is -2.43. The van der Waals surface area contributed by atoms with Gasteiger partial charge < -0.3 is 35.2 Å². The molecule has 0 spiro atoms. The average Bonchev–Trinajstić information content (AvgIpc) is 3.18. The summed E-state index contributed by atoms with van der Waals surface area (Å²) in [6.45, 7) is 23.1. The molecule has 61 heavy (non-hydrogen) atoms. The van der Waals surface area contributed by atoms with Crippen LogP contribution in [0.3, 0.4) is 0 Å². The standard InChI is InChI=1S/C49H74N4O7Si/c1-34(2)27-39(50-47(56)52-43(29-36(5)6)45(54)58-31-38-21-15-12-16-22-38)32-59-46(55)44(30-37(7)8)53-48(57)51-40(28-35(3)4)33-60-61(49(9,10)11,41-23-17-13-18-24-41)42-25-19-14-20-26-42/h12-26,34-37,39-40,43-44H,27-33H2,1-11H3,(H2,50,52,56)(H2,51,53,57)/t39-,40-,43+,44+/m0/s1. The predicted molar refractivity (Wildman–Crippen MR) is 247 cm³/mol. The van der Waals surface area contributed by atoms with E-state index in [4.69, 9.17) is 13.9 Å². The number of carbonyl (C=O) groups excluding carboxylic acids is 4. The highest BCUT2D eigenvalue weighted by molar-refractivity contribution is 6.99. The monoisotopic (exact) mass is 859 g/mol. The molecule has 0 aromatic heterocycles. The van der Waals surface area contributed by atoms with E-state index in [1.54, 1.807) is 0 Å². The molecule has 3 aromatic carbocycles. The number of hydrogen-bond donors (Lipinski definition) is 4. The summed E-state index contributed by atoms with van der Waals surface area (Å²) in [6.07, 6.45) is 1.92. The highest BCUT2D eigenvalue weighted by atomic mass is 28.4. The van der Waals surface area contributed by atoms with E-state index in [9.17, 15) is 19.2 Å². The van der Waals surface area contributed by atoms with Gasteiger partial charge in [-0.05, 0) is 70.3 Å². The van der Waals surface area contributed by atoms with Crippen molar-refractivity contribution in [3.05, 3.63) is 96.6 Å². The van der Waals surface area contributed by atoms with Crippen LogP contribution in [0.1, 0.15) is 107 Å². The molecule has 0 saturated carbocycles. The molecule has 3 rings (SSSR count). The van der Waals surface area contributed by atoms with Crippen LogP contribution in [0.2, 0.25) is 5.04 Å². The van der Waals surface area contributed by atoms with Gasteiger partial charge in [0.2, 0.25) is 0 Å². The van der Waals surface area contributed by atoms with Crippen LogP contribution < -0.4 is 31.6 Å². The average molecular weight is 859 g/mol. The van der Waals surface area contributed by atoms with Crippen LogP contribution in [-0.2, 0) is 30.1 Å². The number of carbonyl (C=O) groups is 4. The van der Waals surface area contributed by atoms with Crippen molar-refractivity contribution in [2.75, 3.05) is 13.2 Å². The number of urea groups is 2. The van der Waals surface area contributed by atoms with Crippen LogP contribution in [0.4, 0.5) is 9.59 Å². The maximum atomic E-state index is 13.8. The second-order valence-electron chi connectivity index (χ2n) is 19.0. The van der Waals surface area contributed by atoms with Gasteiger partial charge in [-0.15, -0.1) is 0 Å². The van der Waals surface area contributed by atoms with E-state index in [0.717, 1.165) is 15.9 Å². The number of amides is 4. The van der Waals surface area contributed by atoms with Crippen molar-refractivity contribution in [3.63, 3.8) is 0 Å². The van der Waals surface area contributed by atoms with Crippen LogP contribution in [0.15, 0.2) is 91.0 Å². The molecule has 0 aliphatic rings. The van der Waals surface area contributed by atoms with Gasteiger partial charge >= 0.3 is 24.0 Å². The summed E-state index contributed by atoms with van der Waals surface area (Å²) in [5, 5.41) is 13.8. The maximum absolute atomic E-state index is 13.8.